The van der Waals surface area contributed by atoms with Crippen LogP contribution in [0.4, 0.5) is 0 Å². The van der Waals surface area contributed by atoms with E-state index in [1.54, 1.807) is 0 Å². The number of likely N-dealkylation sites (tertiary alicyclic amines) is 2. The van der Waals surface area contributed by atoms with Gasteiger partial charge in [0.05, 0.1) is 0 Å². The van der Waals surface area contributed by atoms with E-state index in [2.05, 4.69) is 28.7 Å². The minimum Gasteiger partial charge on any atom is -0.374 e. The maximum Gasteiger partial charge on any atom is 0.0377 e. The van der Waals surface area contributed by atoms with E-state index in [4.69, 9.17) is 0 Å². The average molecular weight is 237 g/mol. The monoisotopic (exact) mass is 237 g/mol. The Morgan fingerprint density at radius 3 is 2.35 bits per heavy atom. The highest BCUT2D eigenvalue weighted by Gasteiger charge is 2.20. The van der Waals surface area contributed by atoms with Crippen LogP contribution in [0, 0.1) is 0 Å². The third-order valence-corrected chi connectivity index (χ3v) is 4.21. The Morgan fingerprint density at radius 2 is 1.76 bits per heavy atom. The maximum atomic E-state index is 4.29. The van der Waals surface area contributed by atoms with Crippen molar-refractivity contribution in [3.8, 4) is 0 Å². The minimum atomic E-state index is 0.717. The van der Waals surface area contributed by atoms with Crippen molar-refractivity contribution in [2.45, 2.75) is 38.1 Å². The van der Waals surface area contributed by atoms with Gasteiger partial charge in [-0.3, -0.25) is 4.90 Å². The highest BCUT2D eigenvalue weighted by atomic mass is 15.2. The predicted octanol–water partition coefficient (Wildman–Crippen LogP) is 1.67. The third kappa shape index (κ3) is 3.71. The van der Waals surface area contributed by atoms with Gasteiger partial charge in [-0.1, -0.05) is 13.0 Å². The number of rotatable bonds is 4. The van der Waals surface area contributed by atoms with Crippen LogP contribution in [0.3, 0.4) is 0 Å². The largest absolute Gasteiger partial charge is 0.374 e. The van der Waals surface area contributed by atoms with Gasteiger partial charge in [-0.25, -0.2) is 0 Å². The van der Waals surface area contributed by atoms with Gasteiger partial charge >= 0.3 is 0 Å². The summed E-state index contributed by atoms with van der Waals surface area (Å²) in [5.41, 5.74) is 1.33. The third-order valence-electron chi connectivity index (χ3n) is 4.21. The van der Waals surface area contributed by atoms with Gasteiger partial charge in [0.1, 0.15) is 0 Å². The first-order valence-corrected chi connectivity index (χ1v) is 7.12. The van der Waals surface area contributed by atoms with E-state index < -0.39 is 0 Å². The summed E-state index contributed by atoms with van der Waals surface area (Å²) in [5, 5.41) is 3.38. The van der Waals surface area contributed by atoms with Crippen LogP contribution >= 0.6 is 0 Å². The van der Waals surface area contributed by atoms with E-state index in [-0.39, 0.29) is 0 Å². The van der Waals surface area contributed by atoms with Crippen molar-refractivity contribution in [1.82, 2.24) is 15.1 Å². The van der Waals surface area contributed by atoms with E-state index >= 15 is 0 Å². The molecule has 2 fully saturated rings. The summed E-state index contributed by atoms with van der Waals surface area (Å²) in [4.78, 5) is 5.05. The molecule has 0 spiro atoms. The molecule has 0 aliphatic carbocycles. The zero-order valence-corrected chi connectivity index (χ0v) is 11.2. The van der Waals surface area contributed by atoms with Crippen LogP contribution in [0.15, 0.2) is 12.3 Å². The minimum absolute atomic E-state index is 0.717. The highest BCUT2D eigenvalue weighted by Crippen LogP contribution is 2.17. The van der Waals surface area contributed by atoms with Gasteiger partial charge in [-0.2, -0.15) is 0 Å². The summed E-state index contributed by atoms with van der Waals surface area (Å²) >= 11 is 0. The normalized spacial score (nSPS) is 23.9. The molecule has 3 nitrogen and oxygen atoms in total. The number of piperidine rings is 2. The summed E-state index contributed by atoms with van der Waals surface area (Å²) in [6.07, 6.45) is 6.67. The maximum absolute atomic E-state index is 4.29. The van der Waals surface area contributed by atoms with Crippen LogP contribution < -0.4 is 5.32 Å². The first kappa shape index (κ1) is 12.9. The fraction of sp³-hybridized carbons (Fsp3) is 0.857. The van der Waals surface area contributed by atoms with Crippen molar-refractivity contribution in [3.63, 3.8) is 0 Å². The SMILES string of the molecule is C=C(CN1CCCCC1)N1CCC(NC)CC1. The molecule has 0 atom stereocenters. The molecule has 3 heteroatoms. The molecule has 0 radical (unpaired) electrons. The van der Waals surface area contributed by atoms with Crippen LogP contribution in [0.25, 0.3) is 0 Å². The van der Waals surface area contributed by atoms with Gasteiger partial charge in [0.25, 0.3) is 0 Å². The second kappa shape index (κ2) is 6.41. The fourth-order valence-electron chi connectivity index (χ4n) is 2.96. The Hall–Kier alpha value is -0.540. The summed E-state index contributed by atoms with van der Waals surface area (Å²) in [6, 6.07) is 0.717. The lowest BCUT2D eigenvalue weighted by molar-refractivity contribution is 0.195. The molecule has 0 amide bonds. The van der Waals surface area contributed by atoms with E-state index in [9.17, 15) is 0 Å². The van der Waals surface area contributed by atoms with Gasteiger partial charge in [0, 0.05) is 31.4 Å². The lowest BCUT2D eigenvalue weighted by Crippen LogP contribution is -2.43. The van der Waals surface area contributed by atoms with E-state index in [1.807, 2.05) is 0 Å². The zero-order chi connectivity index (χ0) is 12.1. The van der Waals surface area contributed by atoms with E-state index in [1.165, 1.54) is 64.0 Å². The topological polar surface area (TPSA) is 18.5 Å². The van der Waals surface area contributed by atoms with Crippen LogP contribution in [-0.4, -0.2) is 55.6 Å². The van der Waals surface area contributed by atoms with Crippen molar-refractivity contribution in [2.75, 3.05) is 39.8 Å². The zero-order valence-electron chi connectivity index (χ0n) is 11.2. The molecule has 2 aliphatic heterocycles. The Kier molecular flexibility index (Phi) is 4.86. The summed E-state index contributed by atoms with van der Waals surface area (Å²) < 4.78 is 0. The van der Waals surface area contributed by atoms with Crippen molar-refractivity contribution in [2.24, 2.45) is 0 Å². The van der Waals surface area contributed by atoms with Gasteiger partial charge in [0.15, 0.2) is 0 Å². The van der Waals surface area contributed by atoms with Crippen LogP contribution in [0.5, 0.6) is 0 Å². The molecule has 0 aromatic heterocycles. The molecule has 0 aromatic rings. The molecule has 1 N–H and O–H groups in total. The lowest BCUT2D eigenvalue weighted by atomic mass is 10.0. The van der Waals surface area contributed by atoms with Crippen LogP contribution in [0.1, 0.15) is 32.1 Å². The van der Waals surface area contributed by atoms with Crippen LogP contribution in [-0.2, 0) is 0 Å². The second-order valence-corrected chi connectivity index (χ2v) is 5.45. The number of hydrogen-bond donors (Lipinski definition) is 1. The Labute approximate surface area is 106 Å². The Balaban J connectivity index is 1.72. The molecule has 17 heavy (non-hydrogen) atoms. The predicted molar refractivity (Wildman–Crippen MR) is 73.1 cm³/mol. The van der Waals surface area contributed by atoms with Crippen molar-refractivity contribution in [3.05, 3.63) is 12.3 Å². The molecule has 0 saturated carbocycles. The summed E-state index contributed by atoms with van der Waals surface area (Å²) in [5.74, 6) is 0. The van der Waals surface area contributed by atoms with Crippen LogP contribution in [0.2, 0.25) is 0 Å². The standard InChI is InChI=1S/C14H27N3/c1-13(12-16-8-4-3-5-9-16)17-10-6-14(15-2)7-11-17/h14-15H,1,3-12H2,2H3. The van der Waals surface area contributed by atoms with Gasteiger partial charge in [0.2, 0.25) is 0 Å². The average Bonchev–Trinajstić information content (AvgIpc) is 2.40. The van der Waals surface area contributed by atoms with Gasteiger partial charge in [-0.05, 0) is 45.8 Å². The number of nitrogens with one attached hydrogen (secondary N) is 1. The first-order chi connectivity index (χ1) is 8.29. The Bertz CT molecular complexity index is 238. The summed E-state index contributed by atoms with van der Waals surface area (Å²) in [6.45, 7) is 10.3. The molecule has 2 rings (SSSR count). The summed E-state index contributed by atoms with van der Waals surface area (Å²) in [7, 11) is 2.07. The van der Waals surface area contributed by atoms with Gasteiger partial charge < -0.3 is 10.2 Å². The van der Waals surface area contributed by atoms with E-state index in [0.29, 0.717) is 6.04 Å². The lowest BCUT2D eigenvalue weighted by Gasteiger charge is -2.37. The fourth-order valence-corrected chi connectivity index (χ4v) is 2.96. The number of nitrogens with zero attached hydrogens (tertiary/aromatic N) is 2. The molecule has 2 heterocycles. The second-order valence-electron chi connectivity index (χ2n) is 5.45. The molecule has 98 valence electrons. The van der Waals surface area contributed by atoms with Crippen molar-refractivity contribution in [1.29, 1.82) is 0 Å². The number of hydrogen-bond acceptors (Lipinski definition) is 3. The van der Waals surface area contributed by atoms with Gasteiger partial charge in [-0.15, -0.1) is 0 Å². The quantitative estimate of drug-likeness (QED) is 0.802. The first-order valence-electron chi connectivity index (χ1n) is 7.12. The molecule has 0 bridgehead atoms. The smallest absolute Gasteiger partial charge is 0.0377 e. The van der Waals surface area contributed by atoms with Crippen molar-refractivity contribution < 1.29 is 0 Å². The molecule has 0 aromatic carbocycles. The Morgan fingerprint density at radius 1 is 1.12 bits per heavy atom. The molecular formula is C14H27N3. The van der Waals surface area contributed by atoms with Crippen molar-refractivity contribution >= 4 is 0 Å². The molecule has 2 aliphatic rings. The van der Waals surface area contributed by atoms with E-state index in [0.717, 1.165) is 6.54 Å². The molecule has 2 saturated heterocycles. The molecular weight excluding hydrogens is 210 g/mol. The highest BCUT2D eigenvalue weighted by molar-refractivity contribution is 4.99. The molecule has 0 unspecified atom stereocenters.